The average Bonchev–Trinajstić information content (AvgIpc) is 2.53. The van der Waals surface area contributed by atoms with E-state index in [2.05, 4.69) is 0 Å². The van der Waals surface area contributed by atoms with Crippen LogP contribution in [0.2, 0.25) is 5.02 Å². The number of hydrogen-bond acceptors (Lipinski definition) is 5. The Bertz CT molecular complexity index is 702. The third kappa shape index (κ3) is 4.96. The Morgan fingerprint density at radius 1 is 1.26 bits per heavy atom. The van der Waals surface area contributed by atoms with Gasteiger partial charge in [-0.3, -0.25) is 10.1 Å². The molecule has 23 heavy (non-hydrogen) atoms. The van der Waals surface area contributed by atoms with Crippen LogP contribution in [0.5, 0.6) is 5.75 Å². The summed E-state index contributed by atoms with van der Waals surface area (Å²) in [6.45, 7) is 1.43. The fraction of sp³-hybridized carbons (Fsp3) is 0.188. The van der Waals surface area contributed by atoms with E-state index in [4.69, 9.17) is 21.1 Å². The van der Waals surface area contributed by atoms with E-state index < -0.39 is 17.0 Å². The standard InChI is InChI=1S/C16H14ClNO5/c1-11(12-5-7-14(8-6-12)18(20)21)23-16(19)10-22-15-4-2-3-13(17)9-15/h2-9,11H,10H2,1H3/t11-/m0/s1. The number of non-ortho nitro benzene ring substituents is 1. The number of nitrogens with zero attached hydrogens (tertiary/aromatic N) is 1. The van der Waals surface area contributed by atoms with E-state index in [1.54, 1.807) is 43.3 Å². The maximum absolute atomic E-state index is 11.8. The van der Waals surface area contributed by atoms with Gasteiger partial charge < -0.3 is 9.47 Å². The molecule has 2 rings (SSSR count). The molecule has 0 N–H and O–H groups in total. The Labute approximate surface area is 137 Å². The van der Waals surface area contributed by atoms with Crippen molar-refractivity contribution in [2.45, 2.75) is 13.0 Å². The molecule has 7 heteroatoms. The monoisotopic (exact) mass is 335 g/mol. The second-order valence-electron chi connectivity index (χ2n) is 4.73. The molecule has 0 bridgehead atoms. The molecule has 6 nitrogen and oxygen atoms in total. The second-order valence-corrected chi connectivity index (χ2v) is 5.16. The number of nitro benzene ring substituents is 1. The summed E-state index contributed by atoms with van der Waals surface area (Å²) in [7, 11) is 0. The Morgan fingerprint density at radius 2 is 1.96 bits per heavy atom. The Morgan fingerprint density at radius 3 is 2.57 bits per heavy atom. The Kier molecular flexibility index (Phi) is 5.54. The van der Waals surface area contributed by atoms with Gasteiger partial charge in [0.1, 0.15) is 11.9 Å². The average molecular weight is 336 g/mol. The van der Waals surface area contributed by atoms with E-state index in [-0.39, 0.29) is 12.3 Å². The van der Waals surface area contributed by atoms with E-state index in [9.17, 15) is 14.9 Å². The summed E-state index contributed by atoms with van der Waals surface area (Å²) in [6.07, 6.45) is -0.536. The first-order valence-corrected chi connectivity index (χ1v) is 7.15. The van der Waals surface area contributed by atoms with Crippen molar-refractivity contribution in [3.63, 3.8) is 0 Å². The molecule has 0 aliphatic heterocycles. The molecule has 0 aromatic heterocycles. The van der Waals surface area contributed by atoms with Gasteiger partial charge >= 0.3 is 5.97 Å². The molecule has 0 heterocycles. The van der Waals surface area contributed by atoms with Gasteiger partial charge in [-0.15, -0.1) is 0 Å². The third-order valence-corrected chi connectivity index (χ3v) is 3.27. The van der Waals surface area contributed by atoms with Gasteiger partial charge in [-0.1, -0.05) is 17.7 Å². The molecule has 1 atom stereocenters. The van der Waals surface area contributed by atoms with E-state index in [0.29, 0.717) is 16.3 Å². The van der Waals surface area contributed by atoms with Crippen molar-refractivity contribution in [2.75, 3.05) is 6.61 Å². The number of carbonyl (C=O) groups excluding carboxylic acids is 1. The first-order valence-electron chi connectivity index (χ1n) is 6.78. The summed E-state index contributed by atoms with van der Waals surface area (Å²) in [5.41, 5.74) is 0.642. The predicted molar refractivity (Wildman–Crippen MR) is 84.6 cm³/mol. The van der Waals surface area contributed by atoms with E-state index >= 15 is 0 Å². The van der Waals surface area contributed by atoms with Gasteiger partial charge in [-0.2, -0.15) is 0 Å². The smallest absolute Gasteiger partial charge is 0.344 e. The number of halogens is 1. The van der Waals surface area contributed by atoms with Gasteiger partial charge in [0.15, 0.2) is 6.61 Å². The lowest BCUT2D eigenvalue weighted by molar-refractivity contribution is -0.384. The summed E-state index contributed by atoms with van der Waals surface area (Å²) in [5, 5.41) is 11.1. The first kappa shape index (κ1) is 16.8. The van der Waals surface area contributed by atoms with Crippen molar-refractivity contribution in [1.29, 1.82) is 0 Å². The molecule has 0 fully saturated rings. The predicted octanol–water partition coefficient (Wildman–Crippen LogP) is 3.93. The van der Waals surface area contributed by atoms with Gasteiger partial charge in [0.2, 0.25) is 0 Å². The highest BCUT2D eigenvalue weighted by Gasteiger charge is 2.14. The summed E-state index contributed by atoms with van der Waals surface area (Å²) in [4.78, 5) is 21.9. The number of benzene rings is 2. The van der Waals surface area contributed by atoms with Crippen LogP contribution >= 0.6 is 11.6 Å². The molecular weight excluding hydrogens is 322 g/mol. The minimum absolute atomic E-state index is 0.0171. The molecule has 0 aliphatic carbocycles. The van der Waals surface area contributed by atoms with Crippen molar-refractivity contribution >= 4 is 23.3 Å². The third-order valence-electron chi connectivity index (χ3n) is 3.03. The number of rotatable bonds is 6. The van der Waals surface area contributed by atoms with Crippen molar-refractivity contribution in [2.24, 2.45) is 0 Å². The van der Waals surface area contributed by atoms with Crippen molar-refractivity contribution < 1.29 is 19.2 Å². The van der Waals surface area contributed by atoms with Crippen molar-refractivity contribution in [3.05, 3.63) is 69.2 Å². The fourth-order valence-electron chi connectivity index (χ4n) is 1.87. The molecule has 0 amide bonds. The molecule has 0 saturated heterocycles. The zero-order valence-electron chi connectivity index (χ0n) is 12.3. The molecule has 0 spiro atoms. The van der Waals surface area contributed by atoms with Gasteiger partial charge in [0, 0.05) is 17.2 Å². The summed E-state index contributed by atoms with van der Waals surface area (Å²) >= 11 is 5.82. The quantitative estimate of drug-likeness (QED) is 0.454. The molecule has 0 radical (unpaired) electrons. The topological polar surface area (TPSA) is 78.7 Å². The number of ether oxygens (including phenoxy) is 2. The number of nitro groups is 1. The maximum atomic E-state index is 11.8. The maximum Gasteiger partial charge on any atom is 0.344 e. The lowest BCUT2D eigenvalue weighted by Gasteiger charge is -2.14. The second kappa shape index (κ2) is 7.60. The Balaban J connectivity index is 1.88. The summed E-state index contributed by atoms with van der Waals surface area (Å²) in [6, 6.07) is 12.5. The SMILES string of the molecule is C[C@H](OC(=O)COc1cccc(Cl)c1)c1ccc([N+](=O)[O-])cc1. The normalized spacial score (nSPS) is 11.6. The van der Waals surface area contributed by atoms with Gasteiger partial charge in [-0.25, -0.2) is 4.79 Å². The molecule has 0 unspecified atom stereocenters. The number of hydrogen-bond donors (Lipinski definition) is 0. The van der Waals surface area contributed by atoms with Crippen LogP contribution in [0.25, 0.3) is 0 Å². The van der Waals surface area contributed by atoms with E-state index in [1.807, 2.05) is 0 Å². The first-order chi connectivity index (χ1) is 11.0. The van der Waals surface area contributed by atoms with Crippen LogP contribution in [0, 0.1) is 10.1 Å². The largest absolute Gasteiger partial charge is 0.482 e. The highest BCUT2D eigenvalue weighted by molar-refractivity contribution is 6.30. The molecule has 0 aliphatic rings. The minimum Gasteiger partial charge on any atom is -0.482 e. The molecule has 0 saturated carbocycles. The van der Waals surface area contributed by atoms with Crippen LogP contribution in [-0.2, 0) is 9.53 Å². The lowest BCUT2D eigenvalue weighted by Crippen LogP contribution is -2.17. The highest BCUT2D eigenvalue weighted by Crippen LogP contribution is 2.21. The van der Waals surface area contributed by atoms with Gasteiger partial charge in [0.05, 0.1) is 4.92 Å². The van der Waals surface area contributed by atoms with E-state index in [1.165, 1.54) is 12.1 Å². The van der Waals surface area contributed by atoms with Gasteiger partial charge in [0.25, 0.3) is 5.69 Å². The molecule has 2 aromatic carbocycles. The number of carbonyl (C=O) groups is 1. The lowest BCUT2D eigenvalue weighted by atomic mass is 10.1. The van der Waals surface area contributed by atoms with Crippen LogP contribution in [0.15, 0.2) is 48.5 Å². The van der Waals surface area contributed by atoms with Crippen LogP contribution in [0.1, 0.15) is 18.6 Å². The zero-order valence-corrected chi connectivity index (χ0v) is 13.0. The summed E-state index contributed by atoms with van der Waals surface area (Å²) < 4.78 is 10.5. The van der Waals surface area contributed by atoms with E-state index in [0.717, 1.165) is 0 Å². The van der Waals surface area contributed by atoms with Crippen molar-refractivity contribution in [1.82, 2.24) is 0 Å². The van der Waals surface area contributed by atoms with Crippen LogP contribution in [-0.4, -0.2) is 17.5 Å². The van der Waals surface area contributed by atoms with Crippen LogP contribution in [0.4, 0.5) is 5.69 Å². The highest BCUT2D eigenvalue weighted by atomic mass is 35.5. The van der Waals surface area contributed by atoms with Crippen LogP contribution < -0.4 is 4.74 Å². The minimum atomic E-state index is -0.546. The fourth-order valence-corrected chi connectivity index (χ4v) is 2.05. The van der Waals surface area contributed by atoms with Crippen molar-refractivity contribution in [3.8, 4) is 5.75 Å². The molecule has 120 valence electrons. The number of esters is 1. The summed E-state index contributed by atoms with van der Waals surface area (Å²) in [5.74, 6) is -0.0757. The molecular formula is C16H14ClNO5. The van der Waals surface area contributed by atoms with Gasteiger partial charge in [-0.05, 0) is 42.8 Å². The van der Waals surface area contributed by atoms with Crippen LogP contribution in [0.3, 0.4) is 0 Å². The molecule has 2 aromatic rings. The Hall–Kier alpha value is -2.60. The zero-order chi connectivity index (χ0) is 16.8.